The Morgan fingerprint density at radius 1 is 0.974 bits per heavy atom. The van der Waals surface area contributed by atoms with Crippen molar-refractivity contribution < 1.29 is 14.3 Å². The fourth-order valence-corrected chi connectivity index (χ4v) is 5.60. The molecule has 6 heteroatoms. The summed E-state index contributed by atoms with van der Waals surface area (Å²) in [5.74, 6) is 1.45. The van der Waals surface area contributed by atoms with Gasteiger partial charge in [-0.2, -0.15) is 5.26 Å². The van der Waals surface area contributed by atoms with Crippen LogP contribution >= 0.6 is 0 Å². The van der Waals surface area contributed by atoms with Gasteiger partial charge in [-0.3, -0.25) is 9.69 Å². The Balaban J connectivity index is 1.59. The van der Waals surface area contributed by atoms with Crippen LogP contribution in [-0.2, 0) is 11.4 Å². The van der Waals surface area contributed by atoms with Crippen molar-refractivity contribution in [1.29, 1.82) is 5.26 Å². The molecule has 1 atom stereocenters. The number of benzene rings is 3. The predicted molar refractivity (Wildman–Crippen MR) is 152 cm³/mol. The van der Waals surface area contributed by atoms with Crippen LogP contribution in [0, 0.1) is 32.1 Å². The molecule has 0 radical (unpaired) electrons. The number of carbonyl (C=O) groups is 1. The fourth-order valence-electron chi connectivity index (χ4n) is 5.60. The maximum atomic E-state index is 13.5. The maximum Gasteiger partial charge on any atom is 0.161 e. The molecule has 1 heterocycles. The van der Waals surface area contributed by atoms with Crippen LogP contribution in [0.1, 0.15) is 53.0 Å². The third-order valence-electron chi connectivity index (χ3n) is 7.69. The normalized spacial score (nSPS) is 17.2. The average Bonchev–Trinajstić information content (AvgIpc) is 2.93. The van der Waals surface area contributed by atoms with Crippen molar-refractivity contribution >= 4 is 11.5 Å². The summed E-state index contributed by atoms with van der Waals surface area (Å²) < 4.78 is 11.3. The molecule has 1 unspecified atom stereocenters. The van der Waals surface area contributed by atoms with Crippen molar-refractivity contribution in [2.45, 2.75) is 52.6 Å². The van der Waals surface area contributed by atoms with E-state index in [-0.39, 0.29) is 5.78 Å². The van der Waals surface area contributed by atoms with Gasteiger partial charge in [-0.25, -0.2) is 0 Å². The number of Topliss-reactive ketones (excluding diaryl/α,β-unsaturated/α-hetero) is 1. The summed E-state index contributed by atoms with van der Waals surface area (Å²) in [6.45, 7) is 6.46. The van der Waals surface area contributed by atoms with Gasteiger partial charge in [0.1, 0.15) is 23.9 Å². The SMILES string of the molecule is COc1ccc(OCc2cc(C3C(C#N)=C(N)N(c4ccc(C)cc4)C4=C3C(=O)CCC4)c(C)cc2C)cc1. The first-order valence-corrected chi connectivity index (χ1v) is 13.2. The summed E-state index contributed by atoms with van der Waals surface area (Å²) in [7, 11) is 1.63. The number of methoxy groups -OCH3 is 1. The second kappa shape index (κ2) is 10.7. The molecule has 3 aromatic carbocycles. The van der Waals surface area contributed by atoms with Gasteiger partial charge in [-0.1, -0.05) is 29.8 Å². The second-order valence-corrected chi connectivity index (χ2v) is 10.3. The first kappa shape index (κ1) is 26.1. The minimum atomic E-state index is -0.514. The van der Waals surface area contributed by atoms with Crippen molar-refractivity contribution in [2.75, 3.05) is 12.0 Å². The molecule has 0 saturated heterocycles. The summed E-state index contributed by atoms with van der Waals surface area (Å²) in [5.41, 5.74) is 14.7. The number of ketones is 1. The molecule has 0 fully saturated rings. The van der Waals surface area contributed by atoms with Gasteiger partial charge in [0.25, 0.3) is 0 Å². The van der Waals surface area contributed by atoms with E-state index in [1.54, 1.807) is 7.11 Å². The Bertz CT molecular complexity index is 1530. The quantitative estimate of drug-likeness (QED) is 0.400. The largest absolute Gasteiger partial charge is 0.497 e. The number of ether oxygens (including phenoxy) is 2. The van der Waals surface area contributed by atoms with E-state index in [0.717, 1.165) is 63.5 Å². The molecule has 1 aliphatic carbocycles. The van der Waals surface area contributed by atoms with Crippen molar-refractivity contribution in [3.8, 4) is 17.6 Å². The van der Waals surface area contributed by atoms with Crippen molar-refractivity contribution in [3.05, 3.63) is 111 Å². The molecule has 2 aliphatic rings. The molecule has 0 saturated carbocycles. The minimum Gasteiger partial charge on any atom is -0.497 e. The Morgan fingerprint density at radius 2 is 1.67 bits per heavy atom. The third kappa shape index (κ3) is 4.88. The van der Waals surface area contributed by atoms with E-state index in [1.807, 2.05) is 67.3 Å². The molecule has 39 heavy (non-hydrogen) atoms. The number of carbonyl (C=O) groups excluding carboxylic acids is 1. The summed E-state index contributed by atoms with van der Waals surface area (Å²) in [6.07, 6.45) is 1.95. The van der Waals surface area contributed by atoms with Crippen molar-refractivity contribution in [2.24, 2.45) is 5.73 Å². The summed E-state index contributed by atoms with van der Waals surface area (Å²) in [6, 6.07) is 22.1. The fraction of sp³-hybridized carbons (Fsp3) is 0.273. The number of anilines is 1. The highest BCUT2D eigenvalue weighted by Gasteiger charge is 2.41. The average molecular weight is 520 g/mol. The number of nitrogens with zero attached hydrogens (tertiary/aromatic N) is 2. The van der Waals surface area contributed by atoms with E-state index in [4.69, 9.17) is 15.2 Å². The summed E-state index contributed by atoms with van der Waals surface area (Å²) in [5, 5.41) is 10.4. The van der Waals surface area contributed by atoms with E-state index < -0.39 is 5.92 Å². The van der Waals surface area contributed by atoms with E-state index in [2.05, 4.69) is 25.1 Å². The molecule has 0 aromatic heterocycles. The van der Waals surface area contributed by atoms with Gasteiger partial charge in [-0.05, 0) is 92.3 Å². The summed E-state index contributed by atoms with van der Waals surface area (Å²) >= 11 is 0. The number of nitriles is 1. The zero-order valence-corrected chi connectivity index (χ0v) is 22.9. The van der Waals surface area contributed by atoms with Crippen LogP contribution in [0.2, 0.25) is 0 Å². The predicted octanol–water partition coefficient (Wildman–Crippen LogP) is 6.50. The standard InChI is InChI=1S/C33H33N3O3/c1-20-8-10-24(11-9-20)36-29-6-5-7-30(37)32(29)31(28(18-34)33(36)35)27-17-23(21(2)16-22(27)3)19-39-26-14-12-25(38-4)13-15-26/h8-17,31H,5-7,19,35H2,1-4H3. The van der Waals surface area contributed by atoms with E-state index in [1.165, 1.54) is 0 Å². The lowest BCUT2D eigenvalue weighted by molar-refractivity contribution is -0.116. The molecular formula is C33H33N3O3. The third-order valence-corrected chi connectivity index (χ3v) is 7.69. The van der Waals surface area contributed by atoms with Crippen LogP contribution in [0.5, 0.6) is 11.5 Å². The topological polar surface area (TPSA) is 88.6 Å². The van der Waals surface area contributed by atoms with Gasteiger partial charge < -0.3 is 15.2 Å². The minimum absolute atomic E-state index is 0.0784. The van der Waals surface area contributed by atoms with Gasteiger partial charge in [0.05, 0.1) is 24.7 Å². The number of hydrogen-bond donors (Lipinski definition) is 1. The van der Waals surface area contributed by atoms with E-state index in [9.17, 15) is 10.1 Å². The monoisotopic (exact) mass is 519 g/mol. The van der Waals surface area contributed by atoms with Crippen LogP contribution in [0.15, 0.2) is 83.3 Å². The molecule has 3 aromatic rings. The first-order chi connectivity index (χ1) is 18.8. The Kier molecular flexibility index (Phi) is 7.17. The number of nitrogens with two attached hydrogens (primary N) is 1. The lowest BCUT2D eigenvalue weighted by atomic mass is 9.74. The van der Waals surface area contributed by atoms with Gasteiger partial charge in [0, 0.05) is 23.4 Å². The molecule has 198 valence electrons. The molecule has 2 N–H and O–H groups in total. The lowest BCUT2D eigenvalue weighted by Crippen LogP contribution is -2.38. The van der Waals surface area contributed by atoms with Crippen LogP contribution in [0.3, 0.4) is 0 Å². The van der Waals surface area contributed by atoms with Gasteiger partial charge >= 0.3 is 0 Å². The molecule has 5 rings (SSSR count). The number of aryl methyl sites for hydroxylation is 3. The Labute approximate surface area is 230 Å². The molecule has 0 spiro atoms. The smallest absolute Gasteiger partial charge is 0.161 e. The van der Waals surface area contributed by atoms with Gasteiger partial charge in [0.15, 0.2) is 5.78 Å². The number of rotatable bonds is 6. The van der Waals surface area contributed by atoms with Gasteiger partial charge in [0.2, 0.25) is 0 Å². The lowest BCUT2D eigenvalue weighted by Gasteiger charge is -2.40. The zero-order valence-electron chi connectivity index (χ0n) is 22.9. The highest BCUT2D eigenvalue weighted by molar-refractivity contribution is 6.01. The van der Waals surface area contributed by atoms with Gasteiger partial charge in [-0.15, -0.1) is 0 Å². The number of allylic oxidation sites excluding steroid dienone is 3. The van der Waals surface area contributed by atoms with E-state index in [0.29, 0.717) is 30.0 Å². The van der Waals surface area contributed by atoms with Crippen LogP contribution in [-0.4, -0.2) is 12.9 Å². The molecule has 6 nitrogen and oxygen atoms in total. The Morgan fingerprint density at radius 3 is 2.33 bits per heavy atom. The Hall–Kier alpha value is -4.50. The van der Waals surface area contributed by atoms with Crippen LogP contribution in [0.25, 0.3) is 0 Å². The molecular weight excluding hydrogens is 486 g/mol. The highest BCUT2D eigenvalue weighted by Crippen LogP contribution is 2.47. The van der Waals surface area contributed by atoms with Crippen molar-refractivity contribution in [1.82, 2.24) is 0 Å². The van der Waals surface area contributed by atoms with Crippen LogP contribution in [0.4, 0.5) is 5.69 Å². The molecule has 1 aliphatic heterocycles. The van der Waals surface area contributed by atoms with E-state index >= 15 is 0 Å². The first-order valence-electron chi connectivity index (χ1n) is 13.2. The summed E-state index contributed by atoms with van der Waals surface area (Å²) in [4.78, 5) is 15.5. The zero-order chi connectivity index (χ0) is 27.7. The van der Waals surface area contributed by atoms with Crippen LogP contribution < -0.4 is 20.1 Å². The molecule has 0 amide bonds. The molecule has 0 bridgehead atoms. The second-order valence-electron chi connectivity index (χ2n) is 10.3. The highest BCUT2D eigenvalue weighted by atomic mass is 16.5. The number of hydrogen-bond acceptors (Lipinski definition) is 6. The van der Waals surface area contributed by atoms with Crippen molar-refractivity contribution in [3.63, 3.8) is 0 Å². The maximum absolute atomic E-state index is 13.5.